The van der Waals surface area contributed by atoms with Crippen LogP contribution in [0.2, 0.25) is 0 Å². The predicted octanol–water partition coefficient (Wildman–Crippen LogP) is 0.272. The van der Waals surface area contributed by atoms with Gasteiger partial charge in [-0.2, -0.15) is 0 Å². The van der Waals surface area contributed by atoms with Gasteiger partial charge in [-0.05, 0) is 17.0 Å². The van der Waals surface area contributed by atoms with E-state index in [2.05, 4.69) is 5.32 Å². The Bertz CT molecular complexity index is 1360. The van der Waals surface area contributed by atoms with Gasteiger partial charge in [-0.1, -0.05) is 36.4 Å². The molecule has 4 rings (SSSR count). The lowest BCUT2D eigenvalue weighted by Gasteiger charge is -2.51. The van der Waals surface area contributed by atoms with Crippen LogP contribution in [-0.2, 0) is 64.7 Å². The van der Waals surface area contributed by atoms with Gasteiger partial charge in [0.15, 0.2) is 24.6 Å². The quantitative estimate of drug-likeness (QED) is 0.175. The molecule has 0 radical (unpaired) electrons. The molecule has 258 valence electrons. The maximum absolute atomic E-state index is 12.3. The molecule has 16 heteroatoms. The first-order chi connectivity index (χ1) is 22.3. The molecule has 0 saturated carbocycles. The Kier molecular flexibility index (Phi) is 12.4. The molecule has 0 unspecified atom stereocenters. The molecule has 0 bridgehead atoms. The van der Waals surface area contributed by atoms with Gasteiger partial charge in [0.25, 0.3) is 0 Å². The minimum atomic E-state index is -2.27. The van der Waals surface area contributed by atoms with E-state index in [0.717, 1.165) is 37.7 Å². The van der Waals surface area contributed by atoms with Gasteiger partial charge < -0.3 is 53.8 Å². The van der Waals surface area contributed by atoms with Gasteiger partial charge in [0.1, 0.15) is 30.5 Å². The van der Waals surface area contributed by atoms with Crippen molar-refractivity contribution in [1.29, 1.82) is 0 Å². The predicted molar refractivity (Wildman–Crippen MR) is 160 cm³/mol. The van der Waals surface area contributed by atoms with E-state index in [1.807, 2.05) is 30.3 Å². The molecule has 2 aromatic rings. The lowest BCUT2D eigenvalue weighted by molar-refractivity contribution is -0.370. The second-order valence-corrected chi connectivity index (χ2v) is 12.0. The van der Waals surface area contributed by atoms with Crippen molar-refractivity contribution in [1.82, 2.24) is 5.32 Å². The molecule has 1 amide bonds. The summed E-state index contributed by atoms with van der Waals surface area (Å²) in [6, 6.07) is 10.8. The van der Waals surface area contributed by atoms with Gasteiger partial charge >= 0.3 is 17.9 Å². The average molecular weight is 682 g/mol. The number of amides is 1. The fraction of sp³-hybridized carbons (Fsp3) is 0.548. The van der Waals surface area contributed by atoms with Crippen LogP contribution in [0.1, 0.15) is 38.1 Å². The molecule has 15 nitrogen and oxygen atoms in total. The van der Waals surface area contributed by atoms with Crippen LogP contribution in [0.3, 0.4) is 0 Å². The number of hydrogen-bond acceptors (Lipinski definition) is 15. The molecular formula is C31H39NO14S. The molecule has 10 atom stereocenters. The normalized spacial score (nSPS) is 32.2. The van der Waals surface area contributed by atoms with Gasteiger partial charge in [0.2, 0.25) is 11.7 Å². The van der Waals surface area contributed by atoms with E-state index in [1.54, 1.807) is 11.4 Å². The van der Waals surface area contributed by atoms with Crippen molar-refractivity contribution in [3.05, 3.63) is 58.3 Å². The van der Waals surface area contributed by atoms with E-state index in [0.29, 0.717) is 0 Å². The molecule has 1 aromatic heterocycles. The van der Waals surface area contributed by atoms with Gasteiger partial charge in [0, 0.05) is 27.7 Å². The summed E-state index contributed by atoms with van der Waals surface area (Å²) < 4.78 is 40.6. The standard InChI is InChI=1S/C31H39NO14S/c1-16(34)32-29-24(38)25(21(13-33)46-31(29,39)23-11-8-12-47-23)45-30-28(43-19(4)37)27(42-18(3)36)26(41-17(2)35)22(44-30)15-40-14-20-9-6-5-7-10-20/h5-12,21-22,24-30,33,38-39H,13-15H2,1-4H3,(H,32,34)/t21-,22-,24+,25-,26+,27+,28-,29-,30+,31-/m1/s1. The van der Waals surface area contributed by atoms with E-state index in [4.69, 9.17) is 33.2 Å². The molecule has 47 heavy (non-hydrogen) atoms. The fourth-order valence-corrected chi connectivity index (χ4v) is 6.34. The van der Waals surface area contributed by atoms with E-state index in [-0.39, 0.29) is 18.1 Å². The SMILES string of the molecule is CC(=O)N[C@@H]1[C@@H](O)[C@H](O[C@@H]2O[C@H](COCc3ccccc3)[C@H](OC(C)=O)[C@H](OC(C)=O)[C@H]2OC(C)=O)[C@@H](CO)O[C@]1(O)c1cccs1. The zero-order valence-electron chi connectivity index (χ0n) is 26.2. The highest BCUT2D eigenvalue weighted by molar-refractivity contribution is 7.10. The molecule has 1 aromatic carbocycles. The summed E-state index contributed by atoms with van der Waals surface area (Å²) >= 11 is 1.09. The Labute approximate surface area is 274 Å². The molecule has 0 aliphatic carbocycles. The van der Waals surface area contributed by atoms with Crippen molar-refractivity contribution in [2.24, 2.45) is 0 Å². The summed E-state index contributed by atoms with van der Waals surface area (Å²) in [5, 5.41) is 37.7. The maximum Gasteiger partial charge on any atom is 0.303 e. The van der Waals surface area contributed by atoms with Crippen LogP contribution in [0.15, 0.2) is 47.8 Å². The number of nitrogens with one attached hydrogen (secondary N) is 1. The Balaban J connectivity index is 1.69. The Morgan fingerprint density at radius 1 is 0.872 bits per heavy atom. The monoisotopic (exact) mass is 681 g/mol. The number of carbonyl (C=O) groups is 4. The van der Waals surface area contributed by atoms with Crippen LogP contribution in [0.25, 0.3) is 0 Å². The van der Waals surface area contributed by atoms with E-state index < -0.39 is 91.3 Å². The molecule has 0 spiro atoms. The van der Waals surface area contributed by atoms with Gasteiger partial charge in [-0.25, -0.2) is 0 Å². The fourth-order valence-electron chi connectivity index (χ4n) is 5.54. The van der Waals surface area contributed by atoms with Crippen molar-refractivity contribution in [2.45, 2.75) is 95.1 Å². The van der Waals surface area contributed by atoms with Crippen LogP contribution >= 0.6 is 11.3 Å². The summed E-state index contributed by atoms with van der Waals surface area (Å²) in [5.74, 6) is -5.30. The lowest BCUT2D eigenvalue weighted by Crippen LogP contribution is -2.70. The van der Waals surface area contributed by atoms with Crippen LogP contribution in [0.5, 0.6) is 0 Å². The molecule has 3 heterocycles. The van der Waals surface area contributed by atoms with Gasteiger partial charge in [0.05, 0.1) is 24.7 Å². The number of thiophene rings is 1. The topological polar surface area (TPSA) is 206 Å². The summed E-state index contributed by atoms with van der Waals surface area (Å²) in [4.78, 5) is 49.2. The smallest absolute Gasteiger partial charge is 0.303 e. The molecule has 4 N–H and O–H groups in total. The van der Waals surface area contributed by atoms with Crippen molar-refractivity contribution < 1.29 is 67.7 Å². The van der Waals surface area contributed by atoms with E-state index >= 15 is 0 Å². The zero-order chi connectivity index (χ0) is 34.3. The Hall–Kier alpha value is -3.48. The van der Waals surface area contributed by atoms with Crippen molar-refractivity contribution >= 4 is 35.2 Å². The third kappa shape index (κ3) is 8.91. The minimum Gasteiger partial charge on any atom is -0.456 e. The number of benzene rings is 1. The lowest BCUT2D eigenvalue weighted by atomic mass is 9.88. The summed E-state index contributed by atoms with van der Waals surface area (Å²) in [6.45, 7) is 3.63. The van der Waals surface area contributed by atoms with Crippen LogP contribution < -0.4 is 5.32 Å². The third-order valence-corrected chi connectivity index (χ3v) is 8.37. The first-order valence-corrected chi connectivity index (χ1v) is 15.7. The highest BCUT2D eigenvalue weighted by Gasteiger charge is 2.59. The Morgan fingerprint density at radius 2 is 1.51 bits per heavy atom. The zero-order valence-corrected chi connectivity index (χ0v) is 27.0. The maximum atomic E-state index is 12.3. The first kappa shape index (κ1) is 36.4. The van der Waals surface area contributed by atoms with E-state index in [1.165, 1.54) is 13.0 Å². The number of aliphatic hydroxyl groups is 3. The molecule has 2 saturated heterocycles. The third-order valence-electron chi connectivity index (χ3n) is 7.39. The Morgan fingerprint density at radius 3 is 2.09 bits per heavy atom. The summed E-state index contributed by atoms with van der Waals surface area (Å²) in [7, 11) is 0. The second-order valence-electron chi connectivity index (χ2n) is 11.0. The van der Waals surface area contributed by atoms with Crippen LogP contribution in [-0.4, -0.2) is 107 Å². The minimum absolute atomic E-state index is 0.131. The number of carbonyl (C=O) groups excluding carboxylic acids is 4. The van der Waals surface area contributed by atoms with Crippen molar-refractivity contribution in [3.63, 3.8) is 0 Å². The molecular weight excluding hydrogens is 642 g/mol. The van der Waals surface area contributed by atoms with Crippen LogP contribution in [0.4, 0.5) is 0 Å². The molecule has 2 fully saturated rings. The highest BCUT2D eigenvalue weighted by atomic mass is 32.1. The van der Waals surface area contributed by atoms with Gasteiger partial charge in [-0.3, -0.25) is 19.2 Å². The number of esters is 3. The molecule has 2 aliphatic heterocycles. The first-order valence-electron chi connectivity index (χ1n) is 14.8. The number of aliphatic hydroxyl groups excluding tert-OH is 2. The number of ether oxygens (including phenoxy) is 7. The molecule has 2 aliphatic rings. The average Bonchev–Trinajstić information content (AvgIpc) is 3.56. The van der Waals surface area contributed by atoms with Crippen molar-refractivity contribution in [2.75, 3.05) is 13.2 Å². The second kappa shape index (κ2) is 16.1. The highest BCUT2D eigenvalue weighted by Crippen LogP contribution is 2.41. The van der Waals surface area contributed by atoms with Crippen LogP contribution in [0, 0.1) is 0 Å². The van der Waals surface area contributed by atoms with Gasteiger partial charge in [-0.15, -0.1) is 11.3 Å². The largest absolute Gasteiger partial charge is 0.456 e. The number of rotatable bonds is 12. The summed E-state index contributed by atoms with van der Waals surface area (Å²) in [5.41, 5.74) is 0.824. The van der Waals surface area contributed by atoms with E-state index in [9.17, 15) is 34.5 Å². The number of hydrogen-bond donors (Lipinski definition) is 4. The summed E-state index contributed by atoms with van der Waals surface area (Å²) in [6.07, 6.45) is -11.9. The van der Waals surface area contributed by atoms with Crippen molar-refractivity contribution in [3.8, 4) is 0 Å².